The molecule has 1 fully saturated rings. The van der Waals surface area contributed by atoms with Gasteiger partial charge < -0.3 is 16.2 Å². The van der Waals surface area contributed by atoms with E-state index in [2.05, 4.69) is 5.32 Å². The van der Waals surface area contributed by atoms with Gasteiger partial charge in [-0.2, -0.15) is 11.8 Å². The number of rotatable bonds is 4. The summed E-state index contributed by atoms with van der Waals surface area (Å²) in [6.45, 7) is 1.07. The summed E-state index contributed by atoms with van der Waals surface area (Å²) in [5, 5.41) is 12.1. The Bertz CT molecular complexity index is 181. The Kier molecular flexibility index (Phi) is 4.02. The maximum Gasteiger partial charge on any atom is 0.323 e. The molecular weight excluding hydrogens is 188 g/mol. The van der Waals surface area contributed by atoms with Gasteiger partial charge in [0, 0.05) is 13.1 Å². The van der Waals surface area contributed by atoms with Gasteiger partial charge in [-0.05, 0) is 24.3 Å². The maximum absolute atomic E-state index is 11.1. The van der Waals surface area contributed by atoms with E-state index < -0.39 is 11.5 Å². The fourth-order valence-electron chi connectivity index (χ4n) is 1.50. The second kappa shape index (κ2) is 4.83. The highest BCUT2D eigenvalue weighted by molar-refractivity contribution is 7.99. The summed E-state index contributed by atoms with van der Waals surface area (Å²) in [5.74, 6) is 1.11. The van der Waals surface area contributed by atoms with Gasteiger partial charge in [0.15, 0.2) is 0 Å². The van der Waals surface area contributed by atoms with Crippen LogP contribution in [0.3, 0.4) is 0 Å². The molecule has 1 saturated heterocycles. The SMILES string of the molecule is NCCNC1(C(=O)O)CCSCC1. The van der Waals surface area contributed by atoms with E-state index in [0.717, 1.165) is 11.5 Å². The van der Waals surface area contributed by atoms with Crippen LogP contribution >= 0.6 is 11.8 Å². The molecule has 13 heavy (non-hydrogen) atoms. The average Bonchev–Trinajstić information content (AvgIpc) is 2.16. The van der Waals surface area contributed by atoms with Gasteiger partial charge in [-0.15, -0.1) is 0 Å². The molecule has 76 valence electrons. The fourth-order valence-corrected chi connectivity index (χ4v) is 2.69. The molecule has 4 nitrogen and oxygen atoms in total. The lowest BCUT2D eigenvalue weighted by Crippen LogP contribution is -2.55. The van der Waals surface area contributed by atoms with Crippen LogP contribution < -0.4 is 11.1 Å². The molecule has 1 aliphatic heterocycles. The summed E-state index contributed by atoms with van der Waals surface area (Å²) >= 11 is 1.81. The predicted molar refractivity (Wildman–Crippen MR) is 54.0 cm³/mol. The Morgan fingerprint density at radius 2 is 2.15 bits per heavy atom. The molecule has 1 aliphatic rings. The quantitative estimate of drug-likeness (QED) is 0.595. The van der Waals surface area contributed by atoms with Gasteiger partial charge >= 0.3 is 5.97 Å². The normalized spacial score (nSPS) is 21.3. The van der Waals surface area contributed by atoms with Gasteiger partial charge in [-0.1, -0.05) is 0 Å². The number of hydrogen-bond donors (Lipinski definition) is 3. The first-order chi connectivity index (χ1) is 6.21. The first-order valence-corrected chi connectivity index (χ1v) is 5.63. The zero-order valence-corrected chi connectivity index (χ0v) is 8.40. The Balaban J connectivity index is 2.56. The van der Waals surface area contributed by atoms with Gasteiger partial charge in [0.2, 0.25) is 0 Å². The Hall–Kier alpha value is -0.260. The molecule has 0 spiro atoms. The van der Waals surface area contributed by atoms with Crippen LogP contribution in [0.15, 0.2) is 0 Å². The van der Waals surface area contributed by atoms with E-state index in [1.165, 1.54) is 0 Å². The van der Waals surface area contributed by atoms with E-state index >= 15 is 0 Å². The molecule has 0 bridgehead atoms. The third-order valence-corrected chi connectivity index (χ3v) is 3.35. The van der Waals surface area contributed by atoms with E-state index in [-0.39, 0.29) is 0 Å². The Morgan fingerprint density at radius 3 is 2.62 bits per heavy atom. The van der Waals surface area contributed by atoms with Gasteiger partial charge in [0.1, 0.15) is 5.54 Å². The van der Waals surface area contributed by atoms with Crippen LogP contribution in [-0.2, 0) is 4.79 Å². The second-order valence-electron chi connectivity index (χ2n) is 3.22. The van der Waals surface area contributed by atoms with Crippen molar-refractivity contribution in [1.82, 2.24) is 5.32 Å². The topological polar surface area (TPSA) is 75.3 Å². The third-order valence-electron chi connectivity index (χ3n) is 2.36. The molecule has 0 unspecified atom stereocenters. The molecule has 0 atom stereocenters. The molecular formula is C8H16N2O2S. The van der Waals surface area contributed by atoms with Crippen LogP contribution in [0.5, 0.6) is 0 Å². The van der Waals surface area contributed by atoms with Crippen molar-refractivity contribution in [1.29, 1.82) is 0 Å². The van der Waals surface area contributed by atoms with E-state index in [0.29, 0.717) is 25.9 Å². The summed E-state index contributed by atoms with van der Waals surface area (Å²) in [5.41, 5.74) is 4.64. The molecule has 0 radical (unpaired) electrons. The van der Waals surface area contributed by atoms with Crippen molar-refractivity contribution in [3.05, 3.63) is 0 Å². The third kappa shape index (κ3) is 2.59. The van der Waals surface area contributed by atoms with Crippen LogP contribution in [0.4, 0.5) is 0 Å². The van der Waals surface area contributed by atoms with Gasteiger partial charge in [-0.25, -0.2) is 0 Å². The van der Waals surface area contributed by atoms with Crippen LogP contribution in [0.25, 0.3) is 0 Å². The first kappa shape index (κ1) is 10.8. The Labute approximate surface area is 82.3 Å². The summed E-state index contributed by atoms with van der Waals surface area (Å²) in [4.78, 5) is 11.1. The number of nitrogens with one attached hydrogen (secondary N) is 1. The molecule has 5 heteroatoms. The highest BCUT2D eigenvalue weighted by Gasteiger charge is 2.38. The number of carbonyl (C=O) groups is 1. The second-order valence-corrected chi connectivity index (χ2v) is 4.44. The summed E-state index contributed by atoms with van der Waals surface area (Å²) in [7, 11) is 0. The van der Waals surface area contributed by atoms with Crippen molar-refractivity contribution in [2.75, 3.05) is 24.6 Å². The molecule has 1 rings (SSSR count). The standard InChI is InChI=1S/C8H16N2O2S/c9-3-4-10-8(7(11)12)1-5-13-6-2-8/h10H,1-6,9H2,(H,11,12). The van der Waals surface area contributed by atoms with E-state index in [1.54, 1.807) is 0 Å². The van der Waals surface area contributed by atoms with E-state index in [1.807, 2.05) is 11.8 Å². The molecule has 0 aromatic rings. The average molecular weight is 204 g/mol. The van der Waals surface area contributed by atoms with Crippen LogP contribution in [0, 0.1) is 0 Å². The minimum atomic E-state index is -0.735. The van der Waals surface area contributed by atoms with Crippen LogP contribution in [-0.4, -0.2) is 41.2 Å². The summed E-state index contributed by atoms with van der Waals surface area (Å²) < 4.78 is 0. The number of aliphatic carboxylic acids is 1. The van der Waals surface area contributed by atoms with Gasteiger partial charge in [-0.3, -0.25) is 4.79 Å². The molecule has 0 aromatic carbocycles. The smallest absolute Gasteiger partial charge is 0.323 e. The molecule has 0 aliphatic carbocycles. The van der Waals surface area contributed by atoms with Crippen LogP contribution in [0.1, 0.15) is 12.8 Å². The van der Waals surface area contributed by atoms with Gasteiger partial charge in [0.05, 0.1) is 0 Å². The molecule has 1 heterocycles. The van der Waals surface area contributed by atoms with Crippen molar-refractivity contribution in [3.8, 4) is 0 Å². The highest BCUT2D eigenvalue weighted by Crippen LogP contribution is 2.27. The fraction of sp³-hybridized carbons (Fsp3) is 0.875. The first-order valence-electron chi connectivity index (χ1n) is 4.47. The van der Waals surface area contributed by atoms with Crippen molar-refractivity contribution in [3.63, 3.8) is 0 Å². The monoisotopic (exact) mass is 204 g/mol. The lowest BCUT2D eigenvalue weighted by molar-refractivity contribution is -0.145. The predicted octanol–water partition coefficient (Wildman–Crippen LogP) is -0.115. The number of thioether (sulfide) groups is 1. The van der Waals surface area contributed by atoms with Crippen molar-refractivity contribution >= 4 is 17.7 Å². The molecule has 4 N–H and O–H groups in total. The Morgan fingerprint density at radius 1 is 1.54 bits per heavy atom. The zero-order valence-electron chi connectivity index (χ0n) is 7.58. The zero-order chi connectivity index (χ0) is 9.73. The van der Waals surface area contributed by atoms with E-state index in [9.17, 15) is 4.79 Å². The van der Waals surface area contributed by atoms with Gasteiger partial charge in [0.25, 0.3) is 0 Å². The number of carboxylic acids is 1. The minimum absolute atomic E-state index is 0.488. The molecule has 0 amide bonds. The van der Waals surface area contributed by atoms with E-state index in [4.69, 9.17) is 10.8 Å². The number of carboxylic acid groups (broad SMARTS) is 1. The lowest BCUT2D eigenvalue weighted by Gasteiger charge is -2.33. The minimum Gasteiger partial charge on any atom is -0.480 e. The number of nitrogens with two attached hydrogens (primary N) is 1. The highest BCUT2D eigenvalue weighted by atomic mass is 32.2. The maximum atomic E-state index is 11.1. The lowest BCUT2D eigenvalue weighted by atomic mass is 9.92. The van der Waals surface area contributed by atoms with Crippen LogP contribution in [0.2, 0.25) is 0 Å². The molecule has 0 aromatic heterocycles. The van der Waals surface area contributed by atoms with Crippen molar-refractivity contribution < 1.29 is 9.90 Å². The summed E-state index contributed by atoms with van der Waals surface area (Å²) in [6, 6.07) is 0. The van der Waals surface area contributed by atoms with Crippen molar-refractivity contribution in [2.24, 2.45) is 5.73 Å². The number of hydrogen-bond acceptors (Lipinski definition) is 4. The van der Waals surface area contributed by atoms with Crippen molar-refractivity contribution in [2.45, 2.75) is 18.4 Å². The largest absolute Gasteiger partial charge is 0.480 e. The molecule has 0 saturated carbocycles. The summed E-state index contributed by atoms with van der Waals surface area (Å²) in [6.07, 6.45) is 1.40.